The van der Waals surface area contributed by atoms with E-state index in [-0.39, 0.29) is 11.8 Å². The third-order valence-corrected chi connectivity index (χ3v) is 7.71. The molecule has 0 atom stereocenters. The lowest BCUT2D eigenvalue weighted by molar-refractivity contribution is -0.136. The molecule has 27 heavy (non-hydrogen) atoms. The number of rotatable bonds is 7. The molecule has 6 heteroatoms. The van der Waals surface area contributed by atoms with Crippen molar-refractivity contribution in [2.75, 3.05) is 11.4 Å². The number of thiophene rings is 1. The number of carboxylic acid groups (broad SMARTS) is 1. The molecular weight excluding hydrogens is 376 g/mol. The van der Waals surface area contributed by atoms with E-state index in [1.807, 2.05) is 0 Å². The summed E-state index contributed by atoms with van der Waals surface area (Å²) in [5.41, 5.74) is 1.76. The van der Waals surface area contributed by atoms with Crippen LogP contribution in [-0.4, -0.2) is 22.6 Å². The molecule has 2 aromatic rings. The van der Waals surface area contributed by atoms with Crippen LogP contribution in [0.25, 0.3) is 0 Å². The van der Waals surface area contributed by atoms with Crippen LogP contribution < -0.4 is 4.90 Å². The lowest BCUT2D eigenvalue weighted by Gasteiger charge is -2.40. The Kier molecular flexibility index (Phi) is 5.96. The number of hydrogen-bond donors (Lipinski definition) is 1. The van der Waals surface area contributed by atoms with Gasteiger partial charge < -0.3 is 10.0 Å². The van der Waals surface area contributed by atoms with Crippen LogP contribution in [0.15, 0.2) is 17.5 Å². The predicted molar refractivity (Wildman–Crippen MR) is 114 cm³/mol. The van der Waals surface area contributed by atoms with Gasteiger partial charge in [-0.3, -0.25) is 4.79 Å². The number of carboxylic acids is 1. The zero-order chi connectivity index (χ0) is 19.7. The normalized spacial score (nSPS) is 18.4. The summed E-state index contributed by atoms with van der Waals surface area (Å²) in [6.07, 6.45) is 4.93. The monoisotopic (exact) mass is 406 g/mol. The van der Waals surface area contributed by atoms with E-state index in [9.17, 15) is 4.79 Å². The van der Waals surface area contributed by atoms with Crippen molar-refractivity contribution in [2.45, 2.75) is 71.8 Å². The van der Waals surface area contributed by atoms with Gasteiger partial charge >= 0.3 is 5.97 Å². The highest BCUT2D eigenvalue weighted by Gasteiger charge is 2.37. The average molecular weight is 407 g/mol. The van der Waals surface area contributed by atoms with E-state index in [2.05, 4.69) is 50.1 Å². The number of carbonyl (C=O) groups is 1. The Bertz CT molecular complexity index is 784. The van der Waals surface area contributed by atoms with Gasteiger partial charge in [-0.1, -0.05) is 20.8 Å². The topological polar surface area (TPSA) is 53.4 Å². The molecule has 3 rings (SSSR count). The maximum atomic E-state index is 11.1. The van der Waals surface area contributed by atoms with Crippen LogP contribution in [0.2, 0.25) is 0 Å². The Hall–Kier alpha value is -1.40. The fraction of sp³-hybridized carbons (Fsp3) is 0.619. The van der Waals surface area contributed by atoms with E-state index in [1.165, 1.54) is 41.1 Å². The van der Waals surface area contributed by atoms with Crippen molar-refractivity contribution < 1.29 is 9.90 Å². The largest absolute Gasteiger partial charge is 0.481 e. The first-order valence-electron chi connectivity index (χ1n) is 9.65. The van der Waals surface area contributed by atoms with Gasteiger partial charge in [0.05, 0.1) is 18.7 Å². The zero-order valence-corrected chi connectivity index (χ0v) is 18.4. The van der Waals surface area contributed by atoms with E-state index in [4.69, 9.17) is 10.1 Å². The first-order valence-corrected chi connectivity index (χ1v) is 11.3. The zero-order valence-electron chi connectivity index (χ0n) is 16.7. The van der Waals surface area contributed by atoms with Crippen molar-refractivity contribution in [3.05, 3.63) is 33.0 Å². The molecule has 0 radical (unpaired) electrons. The molecule has 1 saturated carbocycles. The molecule has 0 amide bonds. The first-order chi connectivity index (χ1) is 12.7. The standard InChI is InChI=1S/C21H30N2O2S2/c1-15-5-6-16(27-15)13-23(12-7-18(24)25)19-22-17(14-26-19)21(4)10-8-20(2,3)9-11-21/h5-6,14H,7-13H2,1-4H3,(H,24,25). The fourth-order valence-electron chi connectivity index (χ4n) is 3.65. The Morgan fingerprint density at radius 1 is 1.22 bits per heavy atom. The van der Waals surface area contributed by atoms with Crippen LogP contribution in [-0.2, 0) is 16.8 Å². The van der Waals surface area contributed by atoms with Crippen molar-refractivity contribution in [1.82, 2.24) is 4.98 Å². The van der Waals surface area contributed by atoms with Gasteiger partial charge in [-0.05, 0) is 50.2 Å². The number of nitrogens with zero attached hydrogens (tertiary/aromatic N) is 2. The quantitative estimate of drug-likeness (QED) is 0.626. The summed E-state index contributed by atoms with van der Waals surface area (Å²) >= 11 is 3.42. The van der Waals surface area contributed by atoms with Gasteiger partial charge in [-0.25, -0.2) is 4.98 Å². The Balaban J connectivity index is 1.77. The molecule has 0 spiro atoms. The molecule has 0 aliphatic heterocycles. The fourth-order valence-corrected chi connectivity index (χ4v) is 5.57. The maximum Gasteiger partial charge on any atom is 0.305 e. The van der Waals surface area contributed by atoms with Crippen LogP contribution in [0.4, 0.5) is 5.13 Å². The summed E-state index contributed by atoms with van der Waals surface area (Å²) in [6.45, 7) is 10.4. The summed E-state index contributed by atoms with van der Waals surface area (Å²) in [7, 11) is 0. The second-order valence-corrected chi connectivity index (χ2v) is 11.0. The predicted octanol–water partition coefficient (Wildman–Crippen LogP) is 5.85. The molecular formula is C21H30N2O2S2. The molecule has 1 aliphatic rings. The minimum atomic E-state index is -0.763. The number of aromatic nitrogens is 1. The summed E-state index contributed by atoms with van der Waals surface area (Å²) in [4.78, 5) is 20.8. The van der Waals surface area contributed by atoms with E-state index in [0.717, 1.165) is 11.7 Å². The summed E-state index contributed by atoms with van der Waals surface area (Å²) in [5, 5.41) is 12.3. The SMILES string of the molecule is Cc1ccc(CN(CCC(=O)O)c2nc(C3(C)CCC(C)(C)CC3)cs2)s1. The van der Waals surface area contributed by atoms with Crippen molar-refractivity contribution >= 4 is 33.8 Å². The molecule has 1 fully saturated rings. The van der Waals surface area contributed by atoms with Crippen molar-refractivity contribution in [3.8, 4) is 0 Å². The third kappa shape index (κ3) is 5.11. The Labute approximate surface area is 170 Å². The lowest BCUT2D eigenvalue weighted by Crippen LogP contribution is -2.32. The first kappa shape index (κ1) is 20.3. The highest BCUT2D eigenvalue weighted by Crippen LogP contribution is 2.47. The van der Waals surface area contributed by atoms with Gasteiger partial charge in [0, 0.05) is 27.1 Å². The van der Waals surface area contributed by atoms with Crippen LogP contribution in [0, 0.1) is 12.3 Å². The molecule has 1 aliphatic carbocycles. The molecule has 4 nitrogen and oxygen atoms in total. The molecule has 0 unspecified atom stereocenters. The molecule has 1 N–H and O–H groups in total. The van der Waals surface area contributed by atoms with Gasteiger partial charge in [0.2, 0.25) is 0 Å². The molecule has 0 aromatic carbocycles. The smallest absolute Gasteiger partial charge is 0.305 e. The van der Waals surface area contributed by atoms with Gasteiger partial charge in [-0.15, -0.1) is 22.7 Å². The van der Waals surface area contributed by atoms with Gasteiger partial charge in [0.1, 0.15) is 0 Å². The maximum absolute atomic E-state index is 11.1. The van der Waals surface area contributed by atoms with Gasteiger partial charge in [0.25, 0.3) is 0 Å². The molecule has 0 saturated heterocycles. The molecule has 0 bridgehead atoms. The van der Waals surface area contributed by atoms with E-state index >= 15 is 0 Å². The van der Waals surface area contributed by atoms with Crippen LogP contribution in [0.3, 0.4) is 0 Å². The number of hydrogen-bond acceptors (Lipinski definition) is 5. The Morgan fingerprint density at radius 2 is 1.93 bits per heavy atom. The van der Waals surface area contributed by atoms with E-state index < -0.39 is 5.97 Å². The number of aryl methyl sites for hydroxylation is 1. The second kappa shape index (κ2) is 7.92. The number of aliphatic carboxylic acids is 1. The van der Waals surface area contributed by atoms with Crippen LogP contribution >= 0.6 is 22.7 Å². The van der Waals surface area contributed by atoms with Gasteiger partial charge in [-0.2, -0.15) is 0 Å². The third-order valence-electron chi connectivity index (χ3n) is 5.83. The number of anilines is 1. The Morgan fingerprint density at radius 3 is 2.52 bits per heavy atom. The van der Waals surface area contributed by atoms with E-state index in [1.54, 1.807) is 22.7 Å². The van der Waals surface area contributed by atoms with Crippen molar-refractivity contribution in [3.63, 3.8) is 0 Å². The molecule has 2 heterocycles. The second-order valence-electron chi connectivity index (χ2n) is 8.82. The molecule has 2 aromatic heterocycles. The summed E-state index contributed by atoms with van der Waals surface area (Å²) in [5.74, 6) is -0.763. The van der Waals surface area contributed by atoms with Crippen LogP contribution in [0.1, 0.15) is 68.3 Å². The van der Waals surface area contributed by atoms with Crippen molar-refractivity contribution in [1.29, 1.82) is 0 Å². The van der Waals surface area contributed by atoms with Crippen molar-refractivity contribution in [2.24, 2.45) is 5.41 Å². The molecule has 148 valence electrons. The van der Waals surface area contributed by atoms with Crippen LogP contribution in [0.5, 0.6) is 0 Å². The minimum absolute atomic E-state index is 0.130. The average Bonchev–Trinajstić information content (AvgIpc) is 3.24. The highest BCUT2D eigenvalue weighted by atomic mass is 32.1. The lowest BCUT2D eigenvalue weighted by atomic mass is 9.65. The highest BCUT2D eigenvalue weighted by molar-refractivity contribution is 7.14. The van der Waals surface area contributed by atoms with E-state index in [0.29, 0.717) is 12.0 Å². The summed E-state index contributed by atoms with van der Waals surface area (Å²) in [6, 6.07) is 4.25. The van der Waals surface area contributed by atoms with Gasteiger partial charge in [0.15, 0.2) is 5.13 Å². The number of thiazole rings is 1. The summed E-state index contributed by atoms with van der Waals surface area (Å²) < 4.78 is 0. The minimum Gasteiger partial charge on any atom is -0.481 e.